The van der Waals surface area contributed by atoms with Gasteiger partial charge in [-0.1, -0.05) is 19.9 Å². The summed E-state index contributed by atoms with van der Waals surface area (Å²) >= 11 is 6.05. The van der Waals surface area contributed by atoms with Crippen LogP contribution in [-0.2, 0) is 33.4 Å². The molecule has 3 fully saturated rings. The van der Waals surface area contributed by atoms with Crippen LogP contribution in [0.5, 0.6) is 0 Å². The topological polar surface area (TPSA) is 124 Å². The van der Waals surface area contributed by atoms with Gasteiger partial charge in [-0.15, -0.1) is 11.6 Å². The van der Waals surface area contributed by atoms with Crippen molar-refractivity contribution in [2.75, 3.05) is 12.5 Å². The van der Waals surface area contributed by atoms with E-state index in [2.05, 4.69) is 0 Å². The maximum Gasteiger partial charge on any atom is 0.306 e. The highest BCUT2D eigenvalue weighted by molar-refractivity contribution is 6.29. The molecule has 1 N–H and O–H groups in total. The Bertz CT molecular complexity index is 1160. The van der Waals surface area contributed by atoms with Crippen LogP contribution in [0, 0.1) is 28.6 Å². The van der Waals surface area contributed by atoms with Crippen LogP contribution in [0.3, 0.4) is 0 Å². The first kappa shape index (κ1) is 29.6. The third-order valence-electron chi connectivity index (χ3n) is 9.90. The molecule has 0 aromatic heterocycles. The van der Waals surface area contributed by atoms with Crippen LogP contribution in [0.1, 0.15) is 66.2 Å². The number of fused-ring (bicyclic) bond motifs is 5. The van der Waals surface area contributed by atoms with Crippen LogP contribution >= 0.6 is 11.6 Å². The number of allylic oxidation sites excluding steroid dienone is 4. The van der Waals surface area contributed by atoms with E-state index in [-0.39, 0.29) is 56.5 Å². The molecule has 214 valence electrons. The Morgan fingerprint density at radius 2 is 1.82 bits per heavy atom. The molecule has 8 atom stereocenters. The molecule has 10 heteroatoms. The summed E-state index contributed by atoms with van der Waals surface area (Å²) in [4.78, 5) is 63.7. The molecule has 0 aromatic carbocycles. The number of hydrogen-bond donors (Lipinski definition) is 1. The smallest absolute Gasteiger partial charge is 0.306 e. The van der Waals surface area contributed by atoms with Crippen molar-refractivity contribution >= 4 is 40.9 Å². The normalized spacial score (nSPS) is 40.7. The highest BCUT2D eigenvalue weighted by Gasteiger charge is 2.77. The standard InChI is InChI=1S/C29H36ClFO8/c1-5-38-24(36)7-6-8-25(37)39-29(23(35)15-30)16(2)11-18-19-13-21(33)20-12-17(32)9-10-26(20,3)28(19,31)22(34)14-27(18,29)4/h9-10,12,16,18-19,22,34H,5-8,11,13-15H2,1-4H3/t16?,18-,19-,22?,26-,27-,28-,29-/m0/s1. The number of esters is 2. The summed E-state index contributed by atoms with van der Waals surface area (Å²) in [5.74, 6) is -5.12. The van der Waals surface area contributed by atoms with Gasteiger partial charge in [-0.3, -0.25) is 24.0 Å². The lowest BCUT2D eigenvalue weighted by molar-refractivity contribution is -0.226. The van der Waals surface area contributed by atoms with Crippen LogP contribution in [0.2, 0.25) is 0 Å². The molecule has 4 aliphatic rings. The summed E-state index contributed by atoms with van der Waals surface area (Å²) in [6, 6.07) is 0. The molecule has 3 saturated carbocycles. The molecule has 4 rings (SSSR count). The van der Waals surface area contributed by atoms with E-state index in [4.69, 9.17) is 21.1 Å². The number of hydrogen-bond acceptors (Lipinski definition) is 8. The highest BCUT2D eigenvalue weighted by Crippen LogP contribution is 2.71. The number of aliphatic hydroxyl groups excluding tert-OH is 1. The molecule has 8 nitrogen and oxygen atoms in total. The van der Waals surface area contributed by atoms with Crippen molar-refractivity contribution in [3.8, 4) is 0 Å². The number of ketones is 3. The van der Waals surface area contributed by atoms with Gasteiger partial charge in [-0.25, -0.2) is 4.39 Å². The number of alkyl halides is 2. The van der Waals surface area contributed by atoms with E-state index in [9.17, 15) is 29.1 Å². The first-order valence-corrected chi connectivity index (χ1v) is 14.1. The van der Waals surface area contributed by atoms with Gasteiger partial charge in [0, 0.05) is 42.1 Å². The zero-order chi connectivity index (χ0) is 29.0. The number of Topliss-reactive ketones (excluding diaryl/α,β-unsaturated/α-hetero) is 2. The summed E-state index contributed by atoms with van der Waals surface area (Å²) in [7, 11) is 0. The average molecular weight is 567 g/mol. The minimum atomic E-state index is -2.29. The Labute approximate surface area is 232 Å². The van der Waals surface area contributed by atoms with Crippen LogP contribution in [0.25, 0.3) is 0 Å². The second kappa shape index (κ2) is 10.2. The van der Waals surface area contributed by atoms with Crippen molar-refractivity contribution in [3.05, 3.63) is 23.8 Å². The molecule has 2 unspecified atom stereocenters. The minimum absolute atomic E-state index is 0.00651. The highest BCUT2D eigenvalue weighted by atomic mass is 35.5. The second-order valence-electron chi connectivity index (χ2n) is 11.8. The molecular weight excluding hydrogens is 531 g/mol. The maximum atomic E-state index is 17.4. The van der Waals surface area contributed by atoms with E-state index in [1.807, 2.05) is 0 Å². The summed E-state index contributed by atoms with van der Waals surface area (Å²) in [5.41, 5.74) is -6.76. The fourth-order valence-corrected chi connectivity index (χ4v) is 8.37. The van der Waals surface area contributed by atoms with E-state index in [0.717, 1.165) is 6.08 Å². The zero-order valence-corrected chi connectivity index (χ0v) is 23.5. The maximum absolute atomic E-state index is 17.4. The first-order chi connectivity index (χ1) is 18.2. The fraction of sp³-hybridized carbons (Fsp3) is 0.690. The van der Waals surface area contributed by atoms with Crippen molar-refractivity contribution in [3.63, 3.8) is 0 Å². The monoisotopic (exact) mass is 566 g/mol. The predicted octanol–water partition coefficient (Wildman–Crippen LogP) is 3.61. The zero-order valence-electron chi connectivity index (χ0n) is 22.8. The summed E-state index contributed by atoms with van der Waals surface area (Å²) in [6.45, 7) is 6.87. The van der Waals surface area contributed by atoms with Gasteiger partial charge < -0.3 is 14.6 Å². The molecule has 39 heavy (non-hydrogen) atoms. The average Bonchev–Trinajstić information content (AvgIpc) is 3.08. The van der Waals surface area contributed by atoms with Gasteiger partial charge in [0.15, 0.2) is 28.6 Å². The van der Waals surface area contributed by atoms with Crippen molar-refractivity contribution in [1.29, 1.82) is 0 Å². The number of aliphatic hydroxyl groups is 1. The van der Waals surface area contributed by atoms with Crippen molar-refractivity contribution in [2.45, 2.75) is 83.6 Å². The molecule has 0 aliphatic heterocycles. The van der Waals surface area contributed by atoms with E-state index < -0.39 is 75.3 Å². The lowest BCUT2D eigenvalue weighted by atomic mass is 9.44. The largest absolute Gasteiger partial charge is 0.466 e. The van der Waals surface area contributed by atoms with E-state index >= 15 is 4.39 Å². The van der Waals surface area contributed by atoms with E-state index in [1.165, 1.54) is 19.1 Å². The van der Waals surface area contributed by atoms with Gasteiger partial charge in [0.25, 0.3) is 0 Å². The Kier molecular flexibility index (Phi) is 7.75. The number of ether oxygens (including phenoxy) is 2. The third kappa shape index (κ3) is 4.14. The van der Waals surface area contributed by atoms with Gasteiger partial charge >= 0.3 is 11.9 Å². The second-order valence-corrected chi connectivity index (χ2v) is 12.1. The molecular formula is C29H36ClFO8. The van der Waals surface area contributed by atoms with Crippen molar-refractivity contribution in [1.82, 2.24) is 0 Å². The van der Waals surface area contributed by atoms with Gasteiger partial charge in [0.1, 0.15) is 0 Å². The van der Waals surface area contributed by atoms with Crippen LogP contribution in [-0.4, -0.2) is 64.3 Å². The minimum Gasteiger partial charge on any atom is -0.466 e. The molecule has 0 amide bonds. The molecule has 0 radical (unpaired) electrons. The molecule has 4 aliphatic carbocycles. The number of carbonyl (C=O) groups is 5. The predicted molar refractivity (Wildman–Crippen MR) is 138 cm³/mol. The summed E-state index contributed by atoms with van der Waals surface area (Å²) in [5, 5.41) is 11.5. The number of halogens is 2. The summed E-state index contributed by atoms with van der Waals surface area (Å²) in [6.07, 6.45) is 1.94. The number of carbonyl (C=O) groups excluding carboxylic acids is 5. The lowest BCUT2D eigenvalue weighted by Gasteiger charge is -2.62. The number of rotatable bonds is 8. The van der Waals surface area contributed by atoms with Crippen LogP contribution in [0.15, 0.2) is 23.8 Å². The Balaban J connectivity index is 1.71. The van der Waals surface area contributed by atoms with Crippen molar-refractivity contribution in [2.24, 2.45) is 28.6 Å². The Morgan fingerprint density at radius 3 is 2.46 bits per heavy atom. The van der Waals surface area contributed by atoms with Gasteiger partial charge in [0.2, 0.25) is 0 Å². The molecule has 0 heterocycles. The van der Waals surface area contributed by atoms with E-state index in [1.54, 1.807) is 20.8 Å². The lowest BCUT2D eigenvalue weighted by Crippen LogP contribution is -2.71. The quantitative estimate of drug-likeness (QED) is 0.349. The first-order valence-electron chi connectivity index (χ1n) is 13.5. The summed E-state index contributed by atoms with van der Waals surface area (Å²) < 4.78 is 28.3. The van der Waals surface area contributed by atoms with Crippen molar-refractivity contribution < 1.29 is 42.9 Å². The molecule has 0 aromatic rings. The fourth-order valence-electron chi connectivity index (χ4n) is 8.17. The van der Waals surface area contributed by atoms with Crippen LogP contribution < -0.4 is 0 Å². The van der Waals surface area contributed by atoms with Gasteiger partial charge in [0.05, 0.1) is 24.0 Å². The van der Waals surface area contributed by atoms with E-state index in [0.29, 0.717) is 0 Å². The SMILES string of the molecule is CCOC(=O)CCCC(=O)O[C@]1(C(=O)CCl)C(C)C[C@H]2[C@@H]3CC(=O)C4=CC(=O)C=C[C@]4(C)[C@@]3(F)C(O)C[C@@]21C. The van der Waals surface area contributed by atoms with Crippen LogP contribution in [0.4, 0.5) is 4.39 Å². The third-order valence-corrected chi connectivity index (χ3v) is 10.1. The Morgan fingerprint density at radius 1 is 1.15 bits per heavy atom. The molecule has 0 saturated heterocycles. The molecule has 0 bridgehead atoms. The Hall–Kier alpha value is -2.39. The van der Waals surface area contributed by atoms with Gasteiger partial charge in [-0.05, 0) is 51.2 Å². The van der Waals surface area contributed by atoms with Gasteiger partial charge in [-0.2, -0.15) is 0 Å². The molecule has 0 spiro atoms.